The molecule has 23 heteroatoms. The van der Waals surface area contributed by atoms with Crippen LogP contribution in [0.3, 0.4) is 0 Å². The number of unbranched alkanes of at least 4 members (excludes halogenated alkanes) is 4. The topological polar surface area (TPSA) is 386 Å². The Kier molecular flexibility index (Phi) is 31.6. The fraction of sp³-hybridized carbons (Fsp3) is 0.712. The quantitative estimate of drug-likeness (QED) is 0.0476. The van der Waals surface area contributed by atoms with Gasteiger partial charge in [-0.05, 0) is 101 Å². The molecule has 0 aliphatic carbocycles. The van der Waals surface area contributed by atoms with Crippen LogP contribution in [-0.4, -0.2) is 145 Å². The van der Waals surface area contributed by atoms with Crippen molar-refractivity contribution in [3.63, 3.8) is 0 Å². The fourth-order valence-corrected chi connectivity index (χ4v) is 8.55. The number of hydrogen-bond donors (Lipinski definition) is 14. The van der Waals surface area contributed by atoms with Gasteiger partial charge in [0.25, 0.3) is 0 Å². The number of nitrogens with two attached hydrogens (primary N) is 4. The lowest BCUT2D eigenvalue weighted by Gasteiger charge is -2.28. The minimum Gasteiger partial charge on any atom is -0.393 e. The van der Waals surface area contributed by atoms with E-state index in [-0.39, 0.29) is 102 Å². The molecule has 1 aromatic carbocycles. The van der Waals surface area contributed by atoms with Crippen molar-refractivity contribution in [1.29, 1.82) is 0 Å². The summed E-state index contributed by atoms with van der Waals surface area (Å²) in [4.78, 5) is 126. The average molecular weight is 1060 g/mol. The van der Waals surface area contributed by atoms with Crippen LogP contribution in [0.5, 0.6) is 0 Å². The summed E-state index contributed by atoms with van der Waals surface area (Å²) in [7, 11) is 0. The molecule has 0 bridgehead atoms. The summed E-state index contributed by atoms with van der Waals surface area (Å²) in [6.07, 6.45) is 4.04. The van der Waals surface area contributed by atoms with Gasteiger partial charge in [-0.2, -0.15) is 0 Å². The Hall–Kier alpha value is -5.75. The maximum absolute atomic E-state index is 14.4. The lowest BCUT2D eigenvalue weighted by molar-refractivity contribution is -0.136. The van der Waals surface area contributed by atoms with Gasteiger partial charge in [0.15, 0.2) is 0 Å². The largest absolute Gasteiger partial charge is 0.393 e. The second kappa shape index (κ2) is 36.3. The van der Waals surface area contributed by atoms with Gasteiger partial charge >= 0.3 is 0 Å². The Morgan fingerprint density at radius 1 is 0.587 bits per heavy atom. The standard InChI is InChI=1S/C52H91N13O10/c1-6-7-8-9-13-17-35(66)31-44(67)58-37(19-24-54)47(70)62-40-22-27-57-45(68)41(28-32(2)3)63-48(71)38(20-25-55)60-46(69)36(18-14-23-53)59-51(74)42(29-33(4)5)64-52(75)43(30-34-15-11-10-12-16-34)65-49(72)39(21-26-56)61-50(40)73/h10-12,15-16,32-33,35-43,66H,6-9,13-14,17-31,53-56H2,1-5H3,(H,57,68)(H,58,67)(H,59,74)(H,60,69)(H,61,73)(H,62,70)(H,63,71)(H,64,75)(H,65,72)/t35-,36+,37-,38+,39+,40+,41+,42+,43-/m1/s1. The van der Waals surface area contributed by atoms with E-state index in [1.807, 2.05) is 27.7 Å². The van der Waals surface area contributed by atoms with Crippen LogP contribution in [0.4, 0.5) is 0 Å². The van der Waals surface area contributed by atoms with Crippen LogP contribution in [0.2, 0.25) is 0 Å². The van der Waals surface area contributed by atoms with Gasteiger partial charge < -0.3 is 75.9 Å². The molecule has 9 atom stereocenters. The van der Waals surface area contributed by atoms with Crippen molar-refractivity contribution in [3.05, 3.63) is 35.9 Å². The summed E-state index contributed by atoms with van der Waals surface area (Å²) in [5, 5.41) is 34.9. The third-order valence-corrected chi connectivity index (χ3v) is 12.6. The Balaban J connectivity index is 2.69. The van der Waals surface area contributed by atoms with E-state index in [4.69, 9.17) is 22.9 Å². The van der Waals surface area contributed by atoms with Crippen LogP contribution in [0.25, 0.3) is 0 Å². The molecule has 75 heavy (non-hydrogen) atoms. The molecule has 424 valence electrons. The van der Waals surface area contributed by atoms with E-state index in [1.165, 1.54) is 0 Å². The molecule has 18 N–H and O–H groups in total. The van der Waals surface area contributed by atoms with E-state index in [0.29, 0.717) is 18.4 Å². The number of hydrogen-bond acceptors (Lipinski definition) is 14. The molecule has 1 fully saturated rings. The van der Waals surface area contributed by atoms with Crippen molar-refractivity contribution in [2.75, 3.05) is 32.7 Å². The van der Waals surface area contributed by atoms with E-state index in [9.17, 15) is 48.3 Å². The zero-order valence-corrected chi connectivity index (χ0v) is 45.0. The molecule has 23 nitrogen and oxygen atoms in total. The first-order valence-electron chi connectivity index (χ1n) is 27.0. The molecule has 2 rings (SSSR count). The predicted molar refractivity (Wildman–Crippen MR) is 285 cm³/mol. The van der Waals surface area contributed by atoms with Crippen molar-refractivity contribution < 1.29 is 48.3 Å². The second-order valence-electron chi connectivity index (χ2n) is 20.3. The van der Waals surface area contributed by atoms with Crippen LogP contribution >= 0.6 is 0 Å². The predicted octanol–water partition coefficient (Wildman–Crippen LogP) is -1.38. The van der Waals surface area contributed by atoms with Gasteiger partial charge in [-0.25, -0.2) is 0 Å². The summed E-state index contributed by atoms with van der Waals surface area (Å²) >= 11 is 0. The van der Waals surface area contributed by atoms with E-state index in [0.717, 1.165) is 32.1 Å². The van der Waals surface area contributed by atoms with E-state index in [2.05, 4.69) is 54.8 Å². The van der Waals surface area contributed by atoms with Gasteiger partial charge in [-0.1, -0.05) is 97.1 Å². The Bertz CT molecular complexity index is 1940. The molecule has 0 saturated carbocycles. The number of nitrogens with one attached hydrogen (secondary N) is 9. The Labute approximate surface area is 443 Å². The first-order valence-corrected chi connectivity index (χ1v) is 27.0. The highest BCUT2D eigenvalue weighted by Gasteiger charge is 2.35. The minimum absolute atomic E-state index is 0.0410. The molecule has 0 unspecified atom stereocenters. The van der Waals surface area contributed by atoms with Gasteiger partial charge in [-0.15, -0.1) is 0 Å². The van der Waals surface area contributed by atoms with Crippen molar-refractivity contribution in [2.45, 2.75) is 192 Å². The monoisotopic (exact) mass is 1060 g/mol. The van der Waals surface area contributed by atoms with Crippen molar-refractivity contribution >= 4 is 53.2 Å². The highest BCUT2D eigenvalue weighted by Crippen LogP contribution is 2.13. The smallest absolute Gasteiger partial charge is 0.243 e. The molecular weight excluding hydrogens is 967 g/mol. The summed E-state index contributed by atoms with van der Waals surface area (Å²) in [6, 6.07) is -1.48. The van der Waals surface area contributed by atoms with Crippen LogP contribution in [-0.2, 0) is 49.6 Å². The SMILES string of the molecule is CCCCCCC[C@@H](O)CC(=O)N[C@H](CCN)C(=O)N[C@H]1CCNC(=O)[C@H](CC(C)C)NC(=O)[C@H](CCN)NC(=O)[C@H](CCCN)NC(=O)[C@H](CC(C)C)NC(=O)[C@@H](Cc2ccccc2)NC(=O)[C@H](CCN)NC1=O. The third kappa shape index (κ3) is 25.6. The highest BCUT2D eigenvalue weighted by molar-refractivity contribution is 5.98. The van der Waals surface area contributed by atoms with E-state index < -0.39 is 108 Å². The lowest BCUT2D eigenvalue weighted by Crippen LogP contribution is -2.61. The maximum atomic E-state index is 14.4. The molecule has 0 spiro atoms. The number of amides is 9. The highest BCUT2D eigenvalue weighted by atomic mass is 16.3. The zero-order valence-electron chi connectivity index (χ0n) is 45.0. The average Bonchev–Trinajstić information content (AvgIpc) is 3.35. The van der Waals surface area contributed by atoms with Crippen molar-refractivity contribution in [3.8, 4) is 0 Å². The minimum atomic E-state index is -1.47. The summed E-state index contributed by atoms with van der Waals surface area (Å²) in [6.45, 7) is 9.16. The summed E-state index contributed by atoms with van der Waals surface area (Å²) < 4.78 is 0. The molecule has 1 saturated heterocycles. The van der Waals surface area contributed by atoms with Crippen molar-refractivity contribution in [2.24, 2.45) is 34.8 Å². The Morgan fingerprint density at radius 3 is 1.61 bits per heavy atom. The summed E-state index contributed by atoms with van der Waals surface area (Å²) in [5.74, 6) is -6.98. The molecule has 1 aliphatic heterocycles. The zero-order chi connectivity index (χ0) is 55.9. The number of carbonyl (C=O) groups excluding carboxylic acids is 9. The molecule has 1 aliphatic rings. The molecular formula is C52H91N13O10. The Morgan fingerprint density at radius 2 is 1.08 bits per heavy atom. The second-order valence-corrected chi connectivity index (χ2v) is 20.3. The van der Waals surface area contributed by atoms with Gasteiger partial charge in [0.05, 0.1) is 12.5 Å². The van der Waals surface area contributed by atoms with Gasteiger partial charge in [-0.3, -0.25) is 43.2 Å². The molecule has 9 amide bonds. The van der Waals surface area contributed by atoms with Crippen LogP contribution in [0.1, 0.15) is 136 Å². The summed E-state index contributed by atoms with van der Waals surface area (Å²) in [5.41, 5.74) is 24.2. The number of rotatable bonds is 26. The normalized spacial score (nSPS) is 22.9. The molecule has 0 radical (unpaired) electrons. The van der Waals surface area contributed by atoms with Crippen LogP contribution < -0.4 is 70.8 Å². The molecule has 1 heterocycles. The lowest BCUT2D eigenvalue weighted by atomic mass is 10.00. The van der Waals surface area contributed by atoms with Gasteiger partial charge in [0, 0.05) is 13.0 Å². The number of aliphatic hydroxyl groups is 1. The first-order chi connectivity index (χ1) is 35.8. The molecule has 1 aromatic rings. The number of carbonyl (C=O) groups is 9. The number of aliphatic hydroxyl groups excluding tert-OH is 1. The first kappa shape index (κ1) is 65.4. The van der Waals surface area contributed by atoms with Crippen LogP contribution in [0.15, 0.2) is 30.3 Å². The van der Waals surface area contributed by atoms with Gasteiger partial charge in [0.2, 0.25) is 53.2 Å². The fourth-order valence-electron chi connectivity index (χ4n) is 8.55. The van der Waals surface area contributed by atoms with Gasteiger partial charge in [0.1, 0.15) is 48.3 Å². The maximum Gasteiger partial charge on any atom is 0.243 e. The van der Waals surface area contributed by atoms with Crippen molar-refractivity contribution in [1.82, 2.24) is 47.9 Å². The van der Waals surface area contributed by atoms with E-state index in [1.54, 1.807) is 30.3 Å². The molecule has 0 aromatic heterocycles. The third-order valence-electron chi connectivity index (χ3n) is 12.6. The number of benzene rings is 1. The van der Waals surface area contributed by atoms with E-state index >= 15 is 0 Å². The van der Waals surface area contributed by atoms with Crippen LogP contribution in [0, 0.1) is 11.8 Å².